The Morgan fingerprint density at radius 1 is 1.41 bits per heavy atom. The number of ether oxygens (including phenoxy) is 1. The SMILES string of the molecule is CNC(CC(=O)OC)c1cccc(C(F)F)c1. The van der Waals surface area contributed by atoms with Crippen molar-refractivity contribution in [2.75, 3.05) is 14.2 Å². The van der Waals surface area contributed by atoms with Crippen LogP contribution in [0.1, 0.15) is 30.0 Å². The lowest BCUT2D eigenvalue weighted by Gasteiger charge is -2.16. The van der Waals surface area contributed by atoms with Crippen LogP contribution in [0, 0.1) is 0 Å². The van der Waals surface area contributed by atoms with Crippen LogP contribution in [0.15, 0.2) is 24.3 Å². The minimum atomic E-state index is -2.51. The van der Waals surface area contributed by atoms with Crippen molar-refractivity contribution in [3.05, 3.63) is 35.4 Å². The number of benzene rings is 1. The molecule has 0 aromatic heterocycles. The second kappa shape index (κ2) is 6.30. The zero-order chi connectivity index (χ0) is 12.8. The van der Waals surface area contributed by atoms with Gasteiger partial charge in [0, 0.05) is 11.6 Å². The lowest BCUT2D eigenvalue weighted by atomic mass is 10.0. The molecule has 1 unspecified atom stereocenters. The molecule has 1 rings (SSSR count). The van der Waals surface area contributed by atoms with E-state index >= 15 is 0 Å². The Bertz CT molecular complexity index is 383. The number of nitrogens with one attached hydrogen (secondary N) is 1. The first-order valence-corrected chi connectivity index (χ1v) is 5.20. The summed E-state index contributed by atoms with van der Waals surface area (Å²) in [5.74, 6) is -0.383. The number of rotatable bonds is 5. The summed E-state index contributed by atoms with van der Waals surface area (Å²) in [5.41, 5.74) is 0.600. The van der Waals surface area contributed by atoms with Crippen molar-refractivity contribution in [3.63, 3.8) is 0 Å². The van der Waals surface area contributed by atoms with E-state index in [2.05, 4.69) is 10.1 Å². The minimum absolute atomic E-state index is 0.0485. The molecule has 0 spiro atoms. The number of hydrogen-bond acceptors (Lipinski definition) is 3. The Hall–Kier alpha value is -1.49. The predicted octanol–water partition coefficient (Wildman–Crippen LogP) is 2.45. The van der Waals surface area contributed by atoms with Gasteiger partial charge in [-0.15, -0.1) is 0 Å². The molecule has 94 valence electrons. The molecule has 3 nitrogen and oxygen atoms in total. The maximum Gasteiger partial charge on any atom is 0.307 e. The highest BCUT2D eigenvalue weighted by atomic mass is 19.3. The van der Waals surface area contributed by atoms with Crippen LogP contribution in [0.2, 0.25) is 0 Å². The molecule has 0 heterocycles. The number of carbonyl (C=O) groups excluding carboxylic acids is 1. The lowest BCUT2D eigenvalue weighted by molar-refractivity contribution is -0.141. The predicted molar refractivity (Wildman–Crippen MR) is 59.8 cm³/mol. The van der Waals surface area contributed by atoms with Crippen LogP contribution in [-0.2, 0) is 9.53 Å². The highest BCUT2D eigenvalue weighted by molar-refractivity contribution is 5.70. The third-order valence-corrected chi connectivity index (χ3v) is 2.51. The Balaban J connectivity index is 2.88. The van der Waals surface area contributed by atoms with Crippen molar-refractivity contribution in [3.8, 4) is 0 Å². The van der Waals surface area contributed by atoms with Gasteiger partial charge < -0.3 is 10.1 Å². The van der Waals surface area contributed by atoms with Crippen LogP contribution in [0.4, 0.5) is 8.78 Å². The maximum absolute atomic E-state index is 12.5. The molecule has 1 aromatic rings. The molecule has 17 heavy (non-hydrogen) atoms. The molecule has 0 bridgehead atoms. The van der Waals surface area contributed by atoms with E-state index in [1.807, 2.05) is 0 Å². The summed E-state index contributed by atoms with van der Waals surface area (Å²) < 4.78 is 29.6. The molecule has 0 saturated heterocycles. The van der Waals surface area contributed by atoms with E-state index in [-0.39, 0.29) is 24.0 Å². The summed E-state index contributed by atoms with van der Waals surface area (Å²) in [6, 6.07) is 5.70. The van der Waals surface area contributed by atoms with Gasteiger partial charge in [-0.2, -0.15) is 0 Å². The second-order valence-electron chi connectivity index (χ2n) is 3.59. The van der Waals surface area contributed by atoms with Crippen molar-refractivity contribution in [2.45, 2.75) is 18.9 Å². The summed E-state index contributed by atoms with van der Waals surface area (Å²) in [6.07, 6.45) is -2.40. The van der Waals surface area contributed by atoms with Crippen LogP contribution in [0.3, 0.4) is 0 Å². The van der Waals surface area contributed by atoms with Gasteiger partial charge in [0.05, 0.1) is 13.5 Å². The second-order valence-corrected chi connectivity index (χ2v) is 3.59. The van der Waals surface area contributed by atoms with Crippen LogP contribution in [-0.4, -0.2) is 20.1 Å². The fourth-order valence-corrected chi connectivity index (χ4v) is 1.55. The summed E-state index contributed by atoms with van der Waals surface area (Å²) in [7, 11) is 2.97. The normalized spacial score (nSPS) is 12.5. The first kappa shape index (κ1) is 13.6. The average molecular weight is 243 g/mol. The quantitative estimate of drug-likeness (QED) is 0.807. The maximum atomic E-state index is 12.5. The molecule has 0 saturated carbocycles. The van der Waals surface area contributed by atoms with Gasteiger partial charge in [-0.1, -0.05) is 18.2 Å². The zero-order valence-corrected chi connectivity index (χ0v) is 9.74. The van der Waals surface area contributed by atoms with Crippen LogP contribution >= 0.6 is 0 Å². The summed E-state index contributed by atoms with van der Waals surface area (Å²) >= 11 is 0. The molecule has 0 radical (unpaired) electrons. The molecule has 0 amide bonds. The first-order chi connectivity index (χ1) is 8.08. The summed E-state index contributed by atoms with van der Waals surface area (Å²) in [4.78, 5) is 11.2. The fourth-order valence-electron chi connectivity index (χ4n) is 1.55. The molecular weight excluding hydrogens is 228 g/mol. The monoisotopic (exact) mass is 243 g/mol. The number of alkyl halides is 2. The third kappa shape index (κ3) is 3.78. The zero-order valence-electron chi connectivity index (χ0n) is 9.74. The molecule has 5 heteroatoms. The highest BCUT2D eigenvalue weighted by Gasteiger charge is 2.16. The van der Waals surface area contributed by atoms with E-state index in [9.17, 15) is 13.6 Å². The van der Waals surface area contributed by atoms with E-state index in [4.69, 9.17) is 0 Å². The van der Waals surface area contributed by atoms with E-state index in [0.29, 0.717) is 5.56 Å². The van der Waals surface area contributed by atoms with Crippen molar-refractivity contribution in [1.29, 1.82) is 0 Å². The first-order valence-electron chi connectivity index (χ1n) is 5.20. The minimum Gasteiger partial charge on any atom is -0.469 e. The third-order valence-electron chi connectivity index (χ3n) is 2.51. The molecule has 0 aliphatic rings. The van der Waals surface area contributed by atoms with Gasteiger partial charge in [0.25, 0.3) is 6.43 Å². The largest absolute Gasteiger partial charge is 0.469 e. The molecule has 1 N–H and O–H groups in total. The molecule has 0 aliphatic carbocycles. The Morgan fingerprint density at radius 2 is 2.06 bits per heavy atom. The van der Waals surface area contributed by atoms with Crippen LogP contribution < -0.4 is 5.32 Å². The molecule has 0 aliphatic heterocycles. The highest BCUT2D eigenvalue weighted by Crippen LogP contribution is 2.24. The van der Waals surface area contributed by atoms with Gasteiger partial charge in [0.1, 0.15) is 0 Å². The molecule has 0 fully saturated rings. The summed E-state index contributed by atoms with van der Waals surface area (Å²) in [5, 5.41) is 2.90. The average Bonchev–Trinajstić information content (AvgIpc) is 2.35. The number of methoxy groups -OCH3 is 1. The van der Waals surface area contributed by atoms with Crippen molar-refractivity contribution in [1.82, 2.24) is 5.32 Å². The van der Waals surface area contributed by atoms with Crippen LogP contribution in [0.25, 0.3) is 0 Å². The van der Waals surface area contributed by atoms with Crippen molar-refractivity contribution < 1.29 is 18.3 Å². The topological polar surface area (TPSA) is 38.3 Å². The van der Waals surface area contributed by atoms with Gasteiger partial charge in [0.15, 0.2) is 0 Å². The smallest absolute Gasteiger partial charge is 0.307 e. The lowest BCUT2D eigenvalue weighted by Crippen LogP contribution is -2.20. The van der Waals surface area contributed by atoms with Gasteiger partial charge in [-0.25, -0.2) is 8.78 Å². The number of carbonyl (C=O) groups is 1. The fraction of sp³-hybridized carbons (Fsp3) is 0.417. The van der Waals surface area contributed by atoms with Gasteiger partial charge in [0.2, 0.25) is 0 Å². The van der Waals surface area contributed by atoms with E-state index in [1.54, 1.807) is 19.2 Å². The molecule has 1 atom stereocenters. The van der Waals surface area contributed by atoms with Gasteiger partial charge in [-0.3, -0.25) is 4.79 Å². The van der Waals surface area contributed by atoms with E-state index in [0.717, 1.165) is 0 Å². The number of halogens is 2. The number of hydrogen-bond donors (Lipinski definition) is 1. The van der Waals surface area contributed by atoms with Gasteiger partial charge in [-0.05, 0) is 18.7 Å². The number of esters is 1. The van der Waals surface area contributed by atoms with Crippen molar-refractivity contribution >= 4 is 5.97 Å². The Kier molecular flexibility index (Phi) is 5.03. The van der Waals surface area contributed by atoms with Crippen LogP contribution in [0.5, 0.6) is 0 Å². The summed E-state index contributed by atoms with van der Waals surface area (Å²) in [6.45, 7) is 0. The molecule has 1 aromatic carbocycles. The standard InChI is InChI=1S/C12H15F2NO2/c1-15-10(7-11(16)17-2)8-4-3-5-9(6-8)12(13)14/h3-6,10,12,15H,7H2,1-2H3. The van der Waals surface area contributed by atoms with E-state index < -0.39 is 6.43 Å². The Labute approximate surface area is 98.8 Å². The molecular formula is C12H15F2NO2. The van der Waals surface area contributed by atoms with E-state index in [1.165, 1.54) is 19.2 Å². The Morgan fingerprint density at radius 3 is 2.59 bits per heavy atom. The van der Waals surface area contributed by atoms with Crippen molar-refractivity contribution in [2.24, 2.45) is 0 Å². The van der Waals surface area contributed by atoms with Gasteiger partial charge >= 0.3 is 5.97 Å².